The van der Waals surface area contributed by atoms with E-state index in [0.717, 1.165) is 5.01 Å². The van der Waals surface area contributed by atoms with Gasteiger partial charge in [-0.1, -0.05) is 24.6 Å². The number of hydrogen-bond acceptors (Lipinski definition) is 6. The first-order valence-corrected chi connectivity index (χ1v) is 9.66. The molecule has 0 bridgehead atoms. The molecule has 2 aromatic rings. The number of nitrogens with zero attached hydrogens (tertiary/aromatic N) is 2. The first-order valence-electron chi connectivity index (χ1n) is 8.47. The summed E-state index contributed by atoms with van der Waals surface area (Å²) in [5.74, 6) is -1.65. The molecule has 1 aromatic carbocycles. The van der Waals surface area contributed by atoms with E-state index in [1.165, 1.54) is 28.4 Å². The van der Waals surface area contributed by atoms with Crippen LogP contribution >= 0.6 is 22.9 Å². The standard InChI is InChI=1S/C19H19ClN2O4S/c1-4-7-22-15(11-5-6-13(23)12(20)8-11)14(17(25)19(22)26)16(24)18-9(2)21-10(3)27-18/h5-6,8,15,23,25H,4,7H2,1-3H3. The Kier molecular flexibility index (Phi) is 5.26. The second-order valence-electron chi connectivity index (χ2n) is 6.35. The summed E-state index contributed by atoms with van der Waals surface area (Å²) in [5, 5.41) is 21.1. The smallest absolute Gasteiger partial charge is 0.290 e. The number of aliphatic hydroxyl groups is 1. The summed E-state index contributed by atoms with van der Waals surface area (Å²) in [7, 11) is 0. The summed E-state index contributed by atoms with van der Waals surface area (Å²) in [6.45, 7) is 5.79. The second-order valence-corrected chi connectivity index (χ2v) is 7.96. The normalized spacial score (nSPS) is 17.1. The molecule has 6 nitrogen and oxygen atoms in total. The molecule has 3 rings (SSSR count). The Morgan fingerprint density at radius 1 is 1.33 bits per heavy atom. The number of benzene rings is 1. The largest absolute Gasteiger partial charge is 0.506 e. The summed E-state index contributed by atoms with van der Waals surface area (Å²) in [6.07, 6.45) is 0.654. The number of aryl methyl sites for hydroxylation is 2. The van der Waals surface area contributed by atoms with E-state index in [-0.39, 0.29) is 16.3 Å². The summed E-state index contributed by atoms with van der Waals surface area (Å²) < 4.78 is 0. The molecule has 0 aliphatic carbocycles. The van der Waals surface area contributed by atoms with Crippen LogP contribution in [-0.2, 0) is 4.79 Å². The van der Waals surface area contributed by atoms with Gasteiger partial charge in [0.15, 0.2) is 5.76 Å². The Labute approximate surface area is 165 Å². The lowest BCUT2D eigenvalue weighted by molar-refractivity contribution is -0.129. The maximum absolute atomic E-state index is 13.2. The molecule has 0 fully saturated rings. The van der Waals surface area contributed by atoms with Gasteiger partial charge in [-0.05, 0) is 38.0 Å². The lowest BCUT2D eigenvalue weighted by atomic mass is 9.95. The summed E-state index contributed by atoms with van der Waals surface area (Å²) >= 11 is 7.27. The molecule has 1 aliphatic rings. The highest BCUT2D eigenvalue weighted by Crippen LogP contribution is 2.41. The van der Waals surface area contributed by atoms with Crippen molar-refractivity contribution in [3.63, 3.8) is 0 Å². The number of thiazole rings is 1. The number of ketones is 1. The van der Waals surface area contributed by atoms with Gasteiger partial charge in [0, 0.05) is 6.54 Å². The number of halogens is 1. The molecule has 142 valence electrons. The van der Waals surface area contributed by atoms with E-state index in [4.69, 9.17) is 11.6 Å². The quantitative estimate of drug-likeness (QED) is 0.729. The number of aliphatic hydroxyl groups excluding tert-OH is 1. The number of amides is 1. The highest BCUT2D eigenvalue weighted by atomic mass is 35.5. The zero-order chi connectivity index (χ0) is 19.9. The van der Waals surface area contributed by atoms with Crippen molar-refractivity contribution in [2.75, 3.05) is 6.54 Å². The molecule has 1 unspecified atom stereocenters. The molecule has 1 aliphatic heterocycles. The van der Waals surface area contributed by atoms with E-state index in [1.807, 2.05) is 6.92 Å². The van der Waals surface area contributed by atoms with Crippen molar-refractivity contribution in [1.82, 2.24) is 9.88 Å². The number of carbonyl (C=O) groups is 2. The monoisotopic (exact) mass is 406 g/mol. The van der Waals surface area contributed by atoms with E-state index in [2.05, 4.69) is 4.98 Å². The third-order valence-electron chi connectivity index (χ3n) is 4.41. The number of phenols is 1. The van der Waals surface area contributed by atoms with Crippen LogP contribution in [0.3, 0.4) is 0 Å². The van der Waals surface area contributed by atoms with E-state index in [1.54, 1.807) is 19.9 Å². The molecule has 2 heterocycles. The Bertz CT molecular complexity index is 967. The van der Waals surface area contributed by atoms with Crippen molar-refractivity contribution in [3.8, 4) is 5.75 Å². The van der Waals surface area contributed by atoms with E-state index < -0.39 is 23.5 Å². The van der Waals surface area contributed by atoms with Crippen molar-refractivity contribution >= 4 is 34.6 Å². The molecule has 1 atom stereocenters. The predicted molar refractivity (Wildman–Crippen MR) is 103 cm³/mol. The molecule has 0 radical (unpaired) electrons. The fraction of sp³-hybridized carbons (Fsp3) is 0.316. The molecule has 0 spiro atoms. The van der Waals surface area contributed by atoms with Gasteiger partial charge in [-0.15, -0.1) is 11.3 Å². The van der Waals surface area contributed by atoms with Crippen LogP contribution in [0, 0.1) is 13.8 Å². The van der Waals surface area contributed by atoms with Gasteiger partial charge >= 0.3 is 0 Å². The van der Waals surface area contributed by atoms with Crippen molar-refractivity contribution in [3.05, 3.63) is 55.7 Å². The fourth-order valence-electron chi connectivity index (χ4n) is 3.26. The second kappa shape index (κ2) is 7.32. The van der Waals surface area contributed by atoms with Crippen LogP contribution in [0.4, 0.5) is 0 Å². The van der Waals surface area contributed by atoms with Gasteiger partial charge in [0.25, 0.3) is 5.91 Å². The third kappa shape index (κ3) is 3.33. The topological polar surface area (TPSA) is 90.7 Å². The highest BCUT2D eigenvalue weighted by Gasteiger charge is 2.44. The minimum absolute atomic E-state index is 0.0157. The minimum atomic E-state index is -0.773. The zero-order valence-electron chi connectivity index (χ0n) is 15.1. The lowest BCUT2D eigenvalue weighted by Crippen LogP contribution is -2.31. The van der Waals surface area contributed by atoms with E-state index in [9.17, 15) is 19.8 Å². The summed E-state index contributed by atoms with van der Waals surface area (Å²) in [5.41, 5.74) is 1.12. The Balaban J connectivity index is 2.15. The zero-order valence-corrected chi connectivity index (χ0v) is 16.7. The van der Waals surface area contributed by atoms with Crippen LogP contribution in [0.5, 0.6) is 5.75 Å². The number of aromatic hydroxyl groups is 1. The Morgan fingerprint density at radius 3 is 2.59 bits per heavy atom. The van der Waals surface area contributed by atoms with Crippen LogP contribution in [0.1, 0.15) is 45.3 Å². The fourth-order valence-corrected chi connectivity index (χ4v) is 4.32. The van der Waals surface area contributed by atoms with Gasteiger partial charge in [-0.3, -0.25) is 9.59 Å². The van der Waals surface area contributed by atoms with Crippen LogP contribution < -0.4 is 0 Å². The van der Waals surface area contributed by atoms with E-state index in [0.29, 0.717) is 29.1 Å². The highest BCUT2D eigenvalue weighted by molar-refractivity contribution is 7.14. The van der Waals surface area contributed by atoms with Gasteiger partial charge in [-0.2, -0.15) is 0 Å². The Hall–Kier alpha value is -2.38. The molecule has 27 heavy (non-hydrogen) atoms. The molecule has 1 aromatic heterocycles. The van der Waals surface area contributed by atoms with Gasteiger partial charge < -0.3 is 15.1 Å². The summed E-state index contributed by atoms with van der Waals surface area (Å²) in [6, 6.07) is 3.74. The van der Waals surface area contributed by atoms with Crippen LogP contribution in [-0.4, -0.2) is 38.3 Å². The van der Waals surface area contributed by atoms with Gasteiger partial charge in [-0.25, -0.2) is 4.98 Å². The number of carbonyl (C=O) groups excluding carboxylic acids is 2. The molecular weight excluding hydrogens is 388 g/mol. The van der Waals surface area contributed by atoms with Crippen molar-refractivity contribution in [1.29, 1.82) is 0 Å². The molecular formula is C19H19ClN2O4S. The average Bonchev–Trinajstić information content (AvgIpc) is 3.08. The number of phenolic OH excluding ortho intramolecular Hbond substituents is 1. The predicted octanol–water partition coefficient (Wildman–Crippen LogP) is 4.11. The first kappa shape index (κ1) is 19.4. The van der Waals surface area contributed by atoms with Gasteiger partial charge in [0.1, 0.15) is 5.75 Å². The molecule has 2 N–H and O–H groups in total. The number of Topliss-reactive ketones (excluding diaryl/α,β-unsaturated/α-hetero) is 1. The Morgan fingerprint density at radius 2 is 2.04 bits per heavy atom. The molecule has 8 heteroatoms. The number of aromatic nitrogens is 1. The minimum Gasteiger partial charge on any atom is -0.506 e. The van der Waals surface area contributed by atoms with Gasteiger partial charge in [0.05, 0.1) is 32.2 Å². The summed E-state index contributed by atoms with van der Waals surface area (Å²) in [4.78, 5) is 32.0. The molecule has 0 saturated carbocycles. The third-order valence-corrected chi connectivity index (χ3v) is 5.78. The van der Waals surface area contributed by atoms with E-state index >= 15 is 0 Å². The number of hydrogen-bond donors (Lipinski definition) is 2. The van der Waals surface area contributed by atoms with Crippen LogP contribution in [0.2, 0.25) is 5.02 Å². The average molecular weight is 407 g/mol. The SMILES string of the molecule is CCCN1C(=O)C(O)=C(C(=O)c2sc(C)nc2C)C1c1ccc(O)c(Cl)c1. The maximum atomic E-state index is 13.2. The molecule has 1 amide bonds. The maximum Gasteiger partial charge on any atom is 0.290 e. The first-order chi connectivity index (χ1) is 12.8. The van der Waals surface area contributed by atoms with Gasteiger partial charge in [0.2, 0.25) is 5.78 Å². The lowest BCUT2D eigenvalue weighted by Gasteiger charge is -2.26. The number of rotatable bonds is 5. The van der Waals surface area contributed by atoms with Crippen LogP contribution in [0.25, 0.3) is 0 Å². The van der Waals surface area contributed by atoms with Crippen molar-refractivity contribution in [2.45, 2.75) is 33.2 Å². The van der Waals surface area contributed by atoms with Crippen LogP contribution in [0.15, 0.2) is 29.5 Å². The molecule has 0 saturated heterocycles. The van der Waals surface area contributed by atoms with Crippen molar-refractivity contribution < 1.29 is 19.8 Å². The van der Waals surface area contributed by atoms with Crippen molar-refractivity contribution in [2.24, 2.45) is 0 Å².